The molecule has 0 bridgehead atoms. The maximum absolute atomic E-state index is 12.5. The summed E-state index contributed by atoms with van der Waals surface area (Å²) in [5.41, 5.74) is 6.49. The van der Waals surface area contributed by atoms with Crippen LogP contribution < -0.4 is 5.32 Å². The molecule has 0 aliphatic carbocycles. The van der Waals surface area contributed by atoms with Crippen molar-refractivity contribution in [1.82, 2.24) is 5.32 Å². The minimum absolute atomic E-state index is 0.000825. The first-order valence-electron chi connectivity index (χ1n) is 7.33. The summed E-state index contributed by atoms with van der Waals surface area (Å²) >= 11 is 0. The van der Waals surface area contributed by atoms with Gasteiger partial charge in [0.05, 0.1) is 6.04 Å². The predicted octanol–water partition coefficient (Wildman–Crippen LogP) is 4.41. The van der Waals surface area contributed by atoms with Crippen LogP contribution in [0.5, 0.6) is 0 Å². The Labute approximate surface area is 127 Å². The summed E-state index contributed by atoms with van der Waals surface area (Å²) in [5.74, 6) is -0.0105. The van der Waals surface area contributed by atoms with E-state index in [9.17, 15) is 4.79 Å². The van der Waals surface area contributed by atoms with E-state index in [0.29, 0.717) is 0 Å². The van der Waals surface area contributed by atoms with E-state index in [4.69, 9.17) is 0 Å². The second-order valence-corrected chi connectivity index (χ2v) is 5.86. The lowest BCUT2D eigenvalue weighted by molar-refractivity contribution is 0.0939. The average Bonchev–Trinajstić information content (AvgIpc) is 2.43. The van der Waals surface area contributed by atoms with Gasteiger partial charge in [0.25, 0.3) is 5.91 Å². The molecule has 0 aliphatic heterocycles. The number of hydrogen-bond donors (Lipinski definition) is 1. The SMILES string of the molecule is Cc1ccc([C@@H](C)NC(=O)c2cc(C)c(C)cc2C)cc1. The first kappa shape index (κ1) is 15.3. The molecular formula is C19H23NO. The molecule has 21 heavy (non-hydrogen) atoms. The van der Waals surface area contributed by atoms with Crippen molar-refractivity contribution < 1.29 is 4.79 Å². The highest BCUT2D eigenvalue weighted by molar-refractivity contribution is 5.96. The third-order valence-electron chi connectivity index (χ3n) is 4.01. The van der Waals surface area contributed by atoms with Crippen molar-refractivity contribution >= 4 is 5.91 Å². The molecule has 110 valence electrons. The van der Waals surface area contributed by atoms with Gasteiger partial charge >= 0.3 is 0 Å². The zero-order valence-electron chi connectivity index (χ0n) is 13.4. The summed E-state index contributed by atoms with van der Waals surface area (Å²) < 4.78 is 0. The van der Waals surface area contributed by atoms with Gasteiger partial charge in [0.15, 0.2) is 0 Å². The second-order valence-electron chi connectivity index (χ2n) is 5.86. The minimum atomic E-state index is -0.0105. The van der Waals surface area contributed by atoms with Crippen LogP contribution in [0.2, 0.25) is 0 Å². The lowest BCUT2D eigenvalue weighted by atomic mass is 9.99. The smallest absolute Gasteiger partial charge is 0.252 e. The molecule has 1 atom stereocenters. The summed E-state index contributed by atoms with van der Waals surface area (Å²) in [5, 5.41) is 3.08. The Kier molecular flexibility index (Phi) is 4.46. The van der Waals surface area contributed by atoms with Gasteiger partial charge < -0.3 is 5.32 Å². The Morgan fingerprint density at radius 1 is 0.905 bits per heavy atom. The standard InChI is InChI=1S/C19H23NO/c1-12-6-8-17(9-7-12)16(5)20-19(21)18-11-14(3)13(2)10-15(18)4/h6-11,16H,1-5H3,(H,20,21)/t16-/m1/s1. The summed E-state index contributed by atoms with van der Waals surface area (Å²) in [7, 11) is 0. The zero-order chi connectivity index (χ0) is 15.6. The second kappa shape index (κ2) is 6.13. The van der Waals surface area contributed by atoms with Crippen molar-refractivity contribution in [3.05, 3.63) is 69.8 Å². The molecule has 2 nitrogen and oxygen atoms in total. The highest BCUT2D eigenvalue weighted by atomic mass is 16.1. The van der Waals surface area contributed by atoms with Gasteiger partial charge in [-0.2, -0.15) is 0 Å². The number of amides is 1. The van der Waals surface area contributed by atoms with E-state index in [2.05, 4.69) is 49.5 Å². The number of carbonyl (C=O) groups is 1. The molecule has 0 aromatic heterocycles. The molecule has 0 fully saturated rings. The van der Waals surface area contributed by atoms with Crippen LogP contribution >= 0.6 is 0 Å². The highest BCUT2D eigenvalue weighted by Crippen LogP contribution is 2.18. The first-order chi connectivity index (χ1) is 9.88. The quantitative estimate of drug-likeness (QED) is 0.887. The van der Waals surface area contributed by atoms with E-state index >= 15 is 0 Å². The molecule has 0 aliphatic rings. The molecule has 0 radical (unpaired) electrons. The molecule has 2 heteroatoms. The Balaban J connectivity index is 2.18. The number of nitrogens with one attached hydrogen (secondary N) is 1. The zero-order valence-corrected chi connectivity index (χ0v) is 13.4. The fourth-order valence-electron chi connectivity index (χ4n) is 2.42. The van der Waals surface area contributed by atoms with Gasteiger partial charge in [0, 0.05) is 5.56 Å². The van der Waals surface area contributed by atoms with Crippen LogP contribution in [0.1, 0.15) is 51.1 Å². The maximum atomic E-state index is 12.5. The van der Waals surface area contributed by atoms with Gasteiger partial charge in [-0.1, -0.05) is 35.9 Å². The van der Waals surface area contributed by atoms with Crippen molar-refractivity contribution in [2.24, 2.45) is 0 Å². The van der Waals surface area contributed by atoms with Crippen LogP contribution in [0.3, 0.4) is 0 Å². The van der Waals surface area contributed by atoms with Crippen molar-refractivity contribution in [3.63, 3.8) is 0 Å². The van der Waals surface area contributed by atoms with Crippen LogP contribution in [0, 0.1) is 27.7 Å². The average molecular weight is 281 g/mol. The Hall–Kier alpha value is -2.09. The fourth-order valence-corrected chi connectivity index (χ4v) is 2.42. The Bertz CT molecular complexity index is 656. The normalized spacial score (nSPS) is 12.0. The van der Waals surface area contributed by atoms with E-state index in [0.717, 1.165) is 22.3 Å². The number of carbonyl (C=O) groups excluding carboxylic acids is 1. The number of rotatable bonds is 3. The molecule has 0 saturated carbocycles. The summed E-state index contributed by atoms with van der Waals surface area (Å²) in [4.78, 5) is 12.5. The van der Waals surface area contributed by atoms with Gasteiger partial charge in [-0.15, -0.1) is 0 Å². The molecule has 1 N–H and O–H groups in total. The number of aryl methyl sites for hydroxylation is 4. The maximum Gasteiger partial charge on any atom is 0.252 e. The van der Waals surface area contributed by atoms with Crippen LogP contribution in [0.15, 0.2) is 36.4 Å². The monoisotopic (exact) mass is 281 g/mol. The molecule has 0 heterocycles. The highest BCUT2D eigenvalue weighted by Gasteiger charge is 2.14. The Morgan fingerprint density at radius 3 is 2.10 bits per heavy atom. The topological polar surface area (TPSA) is 29.1 Å². The molecule has 0 spiro atoms. The van der Waals surface area contributed by atoms with Gasteiger partial charge in [-0.3, -0.25) is 4.79 Å². The molecule has 1 amide bonds. The van der Waals surface area contributed by atoms with Crippen molar-refractivity contribution in [3.8, 4) is 0 Å². The fraction of sp³-hybridized carbons (Fsp3) is 0.316. The molecule has 2 aromatic carbocycles. The van der Waals surface area contributed by atoms with E-state index in [1.165, 1.54) is 11.1 Å². The third kappa shape index (κ3) is 3.52. The summed E-state index contributed by atoms with van der Waals surface area (Å²) in [6, 6.07) is 12.3. The van der Waals surface area contributed by atoms with Crippen molar-refractivity contribution in [2.45, 2.75) is 40.7 Å². The predicted molar refractivity (Wildman–Crippen MR) is 87.7 cm³/mol. The first-order valence-corrected chi connectivity index (χ1v) is 7.33. The summed E-state index contributed by atoms with van der Waals surface area (Å²) in [6.07, 6.45) is 0. The molecular weight excluding hydrogens is 258 g/mol. The molecule has 0 unspecified atom stereocenters. The lowest BCUT2D eigenvalue weighted by Crippen LogP contribution is -2.27. The molecule has 2 aromatic rings. The van der Waals surface area contributed by atoms with E-state index in [1.807, 2.05) is 26.8 Å². The Morgan fingerprint density at radius 2 is 1.48 bits per heavy atom. The van der Waals surface area contributed by atoms with Crippen LogP contribution in [0.25, 0.3) is 0 Å². The molecule has 2 rings (SSSR count). The van der Waals surface area contributed by atoms with Gasteiger partial charge in [0.2, 0.25) is 0 Å². The minimum Gasteiger partial charge on any atom is -0.346 e. The van der Waals surface area contributed by atoms with Crippen LogP contribution in [-0.2, 0) is 0 Å². The van der Waals surface area contributed by atoms with E-state index < -0.39 is 0 Å². The summed E-state index contributed by atoms with van der Waals surface area (Å²) in [6.45, 7) is 10.2. The van der Waals surface area contributed by atoms with Crippen LogP contribution in [0.4, 0.5) is 0 Å². The number of hydrogen-bond acceptors (Lipinski definition) is 1. The van der Waals surface area contributed by atoms with Crippen molar-refractivity contribution in [1.29, 1.82) is 0 Å². The largest absolute Gasteiger partial charge is 0.346 e. The van der Waals surface area contributed by atoms with E-state index in [-0.39, 0.29) is 11.9 Å². The van der Waals surface area contributed by atoms with Crippen molar-refractivity contribution in [2.75, 3.05) is 0 Å². The number of benzene rings is 2. The van der Waals surface area contributed by atoms with Gasteiger partial charge in [-0.05, 0) is 62.9 Å². The van der Waals surface area contributed by atoms with Gasteiger partial charge in [0.1, 0.15) is 0 Å². The third-order valence-corrected chi connectivity index (χ3v) is 4.01. The van der Waals surface area contributed by atoms with Crippen LogP contribution in [-0.4, -0.2) is 5.91 Å². The van der Waals surface area contributed by atoms with Gasteiger partial charge in [-0.25, -0.2) is 0 Å². The van der Waals surface area contributed by atoms with E-state index in [1.54, 1.807) is 0 Å². The lowest BCUT2D eigenvalue weighted by Gasteiger charge is -2.16. The molecule has 0 saturated heterocycles.